The molecule has 3 rings (SSSR count). The summed E-state index contributed by atoms with van der Waals surface area (Å²) in [6.45, 7) is 4.29. The van der Waals surface area contributed by atoms with Crippen LogP contribution in [0, 0.1) is 18.8 Å². The van der Waals surface area contributed by atoms with Crippen molar-refractivity contribution in [3.63, 3.8) is 0 Å². The van der Waals surface area contributed by atoms with Crippen molar-refractivity contribution in [3.05, 3.63) is 16.1 Å². The Morgan fingerprint density at radius 1 is 1.43 bits per heavy atom. The maximum Gasteiger partial charge on any atom is 0.220 e. The second-order valence-electron chi connectivity index (χ2n) is 6.42. The largest absolute Gasteiger partial charge is 0.347 e. The molecule has 1 aromatic rings. The van der Waals surface area contributed by atoms with E-state index in [9.17, 15) is 4.79 Å². The number of aromatic nitrogens is 1. The first-order valence-corrected chi connectivity index (χ1v) is 8.96. The zero-order valence-corrected chi connectivity index (χ0v) is 13.5. The number of hydrogen-bond acceptors (Lipinski definition) is 4. The Morgan fingerprint density at radius 3 is 2.81 bits per heavy atom. The van der Waals surface area contributed by atoms with E-state index >= 15 is 0 Å². The zero-order valence-electron chi connectivity index (χ0n) is 12.7. The molecule has 4 nitrogen and oxygen atoms in total. The minimum atomic E-state index is 0.157. The van der Waals surface area contributed by atoms with Crippen molar-refractivity contribution in [3.8, 4) is 0 Å². The number of aryl methyl sites for hydroxylation is 1. The van der Waals surface area contributed by atoms with Gasteiger partial charge in [-0.15, -0.1) is 11.3 Å². The number of thiazole rings is 1. The monoisotopic (exact) mass is 307 g/mol. The van der Waals surface area contributed by atoms with Gasteiger partial charge in [0.1, 0.15) is 5.01 Å². The lowest BCUT2D eigenvalue weighted by Crippen LogP contribution is -2.31. The predicted molar refractivity (Wildman–Crippen MR) is 85.3 cm³/mol. The second kappa shape index (κ2) is 6.88. The normalized spacial score (nSPS) is 21.2. The van der Waals surface area contributed by atoms with Crippen molar-refractivity contribution in [2.75, 3.05) is 13.1 Å². The van der Waals surface area contributed by atoms with Crippen LogP contribution in [-0.2, 0) is 4.79 Å². The fourth-order valence-corrected chi connectivity index (χ4v) is 4.00. The summed E-state index contributed by atoms with van der Waals surface area (Å²) in [6.07, 6.45) is 8.47. The van der Waals surface area contributed by atoms with Crippen LogP contribution in [0.2, 0.25) is 0 Å². The third-order valence-electron chi connectivity index (χ3n) is 4.55. The average molecular weight is 307 g/mol. The lowest BCUT2D eigenvalue weighted by atomic mass is 9.93. The Labute approximate surface area is 130 Å². The molecule has 2 fully saturated rings. The Morgan fingerprint density at radius 2 is 2.19 bits per heavy atom. The van der Waals surface area contributed by atoms with Crippen LogP contribution >= 0.6 is 11.3 Å². The molecule has 1 aliphatic heterocycles. The SMILES string of the molecule is Cc1cnc(C(NC(=O)CCC2CCNCC2)C2CC2)s1. The van der Waals surface area contributed by atoms with E-state index in [0.717, 1.165) is 30.4 Å². The summed E-state index contributed by atoms with van der Waals surface area (Å²) in [6, 6.07) is 0.157. The molecule has 2 heterocycles. The second-order valence-corrected chi connectivity index (χ2v) is 7.69. The summed E-state index contributed by atoms with van der Waals surface area (Å²) in [5.41, 5.74) is 0. The molecule has 1 aromatic heterocycles. The van der Waals surface area contributed by atoms with E-state index in [2.05, 4.69) is 22.5 Å². The van der Waals surface area contributed by atoms with Crippen LogP contribution in [0.1, 0.15) is 54.5 Å². The van der Waals surface area contributed by atoms with Crippen molar-refractivity contribution >= 4 is 17.2 Å². The molecule has 1 unspecified atom stereocenters. The van der Waals surface area contributed by atoms with Crippen molar-refractivity contribution in [1.82, 2.24) is 15.6 Å². The number of nitrogens with one attached hydrogen (secondary N) is 2. The number of piperidine rings is 1. The van der Waals surface area contributed by atoms with Gasteiger partial charge in [-0.1, -0.05) is 0 Å². The van der Waals surface area contributed by atoms with Crippen LogP contribution < -0.4 is 10.6 Å². The van der Waals surface area contributed by atoms with E-state index in [1.807, 2.05) is 6.20 Å². The van der Waals surface area contributed by atoms with Crippen molar-refractivity contribution in [2.45, 2.75) is 51.5 Å². The fraction of sp³-hybridized carbons (Fsp3) is 0.750. The number of carbonyl (C=O) groups is 1. The maximum atomic E-state index is 12.3. The molecule has 0 bridgehead atoms. The van der Waals surface area contributed by atoms with E-state index < -0.39 is 0 Å². The summed E-state index contributed by atoms with van der Waals surface area (Å²) in [5.74, 6) is 1.54. The van der Waals surface area contributed by atoms with Gasteiger partial charge in [0.15, 0.2) is 0 Å². The topological polar surface area (TPSA) is 54.0 Å². The van der Waals surface area contributed by atoms with Gasteiger partial charge in [-0.2, -0.15) is 0 Å². The van der Waals surface area contributed by atoms with E-state index in [1.165, 1.54) is 30.6 Å². The fourth-order valence-electron chi connectivity index (χ4n) is 3.08. The number of rotatable bonds is 6. The highest BCUT2D eigenvalue weighted by molar-refractivity contribution is 7.11. The molecule has 1 atom stereocenters. The van der Waals surface area contributed by atoms with Crippen LogP contribution in [0.25, 0.3) is 0 Å². The Hall–Kier alpha value is -0.940. The van der Waals surface area contributed by atoms with Gasteiger partial charge in [-0.05, 0) is 64.0 Å². The van der Waals surface area contributed by atoms with Crippen LogP contribution in [0.4, 0.5) is 0 Å². The van der Waals surface area contributed by atoms with Gasteiger partial charge in [0.05, 0.1) is 6.04 Å². The quantitative estimate of drug-likeness (QED) is 0.849. The first kappa shape index (κ1) is 15.0. The predicted octanol–water partition coefficient (Wildman–Crippen LogP) is 2.80. The molecule has 1 aliphatic carbocycles. The average Bonchev–Trinajstić information content (AvgIpc) is 3.25. The van der Waals surface area contributed by atoms with Crippen molar-refractivity contribution in [2.24, 2.45) is 11.8 Å². The Balaban J connectivity index is 1.49. The first-order chi connectivity index (χ1) is 10.2. The minimum Gasteiger partial charge on any atom is -0.347 e. The highest BCUT2D eigenvalue weighted by atomic mass is 32.1. The van der Waals surface area contributed by atoms with Crippen molar-refractivity contribution in [1.29, 1.82) is 0 Å². The molecule has 0 aromatic carbocycles. The van der Waals surface area contributed by atoms with Crippen LogP contribution in [-0.4, -0.2) is 24.0 Å². The van der Waals surface area contributed by atoms with Gasteiger partial charge in [0.2, 0.25) is 5.91 Å². The number of hydrogen-bond donors (Lipinski definition) is 2. The summed E-state index contributed by atoms with van der Waals surface area (Å²) < 4.78 is 0. The van der Waals surface area contributed by atoms with E-state index in [4.69, 9.17) is 0 Å². The summed E-state index contributed by atoms with van der Waals surface area (Å²) in [5, 5.41) is 7.70. The van der Waals surface area contributed by atoms with Gasteiger partial charge in [0.25, 0.3) is 0 Å². The molecule has 2 N–H and O–H groups in total. The third-order valence-corrected chi connectivity index (χ3v) is 5.55. The lowest BCUT2D eigenvalue weighted by molar-refractivity contribution is -0.122. The third kappa shape index (κ3) is 4.27. The van der Waals surface area contributed by atoms with Gasteiger partial charge < -0.3 is 10.6 Å². The Kier molecular flexibility index (Phi) is 4.91. The van der Waals surface area contributed by atoms with E-state index in [1.54, 1.807) is 11.3 Å². The number of nitrogens with zero attached hydrogens (tertiary/aromatic N) is 1. The molecule has 0 spiro atoms. The molecule has 0 radical (unpaired) electrons. The molecule has 1 saturated heterocycles. The zero-order chi connectivity index (χ0) is 14.7. The minimum absolute atomic E-state index is 0.157. The smallest absolute Gasteiger partial charge is 0.220 e. The highest BCUT2D eigenvalue weighted by Gasteiger charge is 2.35. The summed E-state index contributed by atoms with van der Waals surface area (Å²) >= 11 is 1.72. The van der Waals surface area contributed by atoms with Gasteiger partial charge in [-0.3, -0.25) is 4.79 Å². The van der Waals surface area contributed by atoms with Crippen LogP contribution in [0.5, 0.6) is 0 Å². The van der Waals surface area contributed by atoms with Gasteiger partial charge in [0, 0.05) is 17.5 Å². The lowest BCUT2D eigenvalue weighted by Gasteiger charge is -2.22. The van der Waals surface area contributed by atoms with E-state index in [0.29, 0.717) is 12.3 Å². The van der Waals surface area contributed by atoms with Crippen LogP contribution in [0.3, 0.4) is 0 Å². The number of carbonyl (C=O) groups excluding carboxylic acids is 1. The molecule has 116 valence electrons. The maximum absolute atomic E-state index is 12.3. The number of amides is 1. The first-order valence-electron chi connectivity index (χ1n) is 8.15. The molecule has 1 saturated carbocycles. The van der Waals surface area contributed by atoms with Crippen LogP contribution in [0.15, 0.2) is 6.20 Å². The Bertz CT molecular complexity index is 478. The summed E-state index contributed by atoms with van der Waals surface area (Å²) in [7, 11) is 0. The molecular formula is C16H25N3OS. The van der Waals surface area contributed by atoms with Gasteiger partial charge >= 0.3 is 0 Å². The molecule has 5 heteroatoms. The van der Waals surface area contributed by atoms with E-state index in [-0.39, 0.29) is 11.9 Å². The van der Waals surface area contributed by atoms with Gasteiger partial charge in [-0.25, -0.2) is 4.98 Å². The molecule has 2 aliphatic rings. The molecular weight excluding hydrogens is 282 g/mol. The standard InChI is InChI=1S/C16H25N3OS/c1-11-10-18-16(21-11)15(13-3-4-13)19-14(20)5-2-12-6-8-17-9-7-12/h10,12-13,15,17H,2-9H2,1H3,(H,19,20). The molecule has 1 amide bonds. The van der Waals surface area contributed by atoms with Crippen molar-refractivity contribution < 1.29 is 4.79 Å². The highest BCUT2D eigenvalue weighted by Crippen LogP contribution is 2.42. The summed E-state index contributed by atoms with van der Waals surface area (Å²) in [4.78, 5) is 18.0. The molecule has 21 heavy (non-hydrogen) atoms.